The first-order chi connectivity index (χ1) is 6.40. The Hall–Kier alpha value is -0.750. The molecule has 0 aliphatic heterocycles. The van der Waals surface area contributed by atoms with Gasteiger partial charge in [0.25, 0.3) is 0 Å². The summed E-state index contributed by atoms with van der Waals surface area (Å²) in [4.78, 5) is 11.9. The number of hydrogen-bond acceptors (Lipinski definition) is 4. The Bertz CT molecular complexity index is 339. The summed E-state index contributed by atoms with van der Waals surface area (Å²) in [7, 11) is 1.66. The van der Waals surface area contributed by atoms with E-state index in [1.54, 1.807) is 14.0 Å². The number of carbonyl (C=O) groups is 1. The van der Waals surface area contributed by atoms with E-state index in [1.165, 1.54) is 4.68 Å². The van der Waals surface area contributed by atoms with Crippen LogP contribution in [0.25, 0.3) is 0 Å². The molecular weight excluding hydrogens is 248 g/mol. The number of nitrogens with zero attached hydrogens (tertiary/aromatic N) is 3. The second-order valence-electron chi connectivity index (χ2n) is 3.45. The number of Topliss-reactive ketones (excluding diaryl/α,β-unsaturated/α-hetero) is 1. The minimum atomic E-state index is -0.863. The molecule has 0 saturated heterocycles. The third-order valence-corrected chi connectivity index (χ3v) is 2.79. The van der Waals surface area contributed by atoms with E-state index >= 15 is 0 Å². The Morgan fingerprint density at radius 3 is 2.64 bits per heavy atom. The number of halogens is 1. The van der Waals surface area contributed by atoms with Crippen molar-refractivity contribution >= 4 is 21.7 Å². The molecule has 0 aromatic carbocycles. The van der Waals surface area contributed by atoms with Crippen molar-refractivity contribution in [1.29, 1.82) is 0 Å². The molecule has 0 bridgehead atoms. The van der Waals surface area contributed by atoms with Crippen molar-refractivity contribution < 1.29 is 4.79 Å². The van der Waals surface area contributed by atoms with Crippen LogP contribution < -0.4 is 5.73 Å². The summed E-state index contributed by atoms with van der Waals surface area (Å²) in [6.07, 6.45) is 0.573. The predicted octanol–water partition coefficient (Wildman–Crippen LogP) is 0.888. The first kappa shape index (κ1) is 11.3. The maximum atomic E-state index is 11.9. The van der Waals surface area contributed by atoms with Crippen molar-refractivity contribution in [3.63, 3.8) is 0 Å². The predicted molar refractivity (Wildman–Crippen MR) is 55.9 cm³/mol. The van der Waals surface area contributed by atoms with Crippen molar-refractivity contribution in [3.8, 4) is 0 Å². The Morgan fingerprint density at radius 1 is 1.71 bits per heavy atom. The number of nitrogens with two attached hydrogens (primary N) is 1. The number of ketones is 1. The third kappa shape index (κ3) is 1.85. The van der Waals surface area contributed by atoms with Crippen LogP contribution in [0.4, 0.5) is 0 Å². The smallest absolute Gasteiger partial charge is 0.203 e. The lowest BCUT2D eigenvalue weighted by Gasteiger charge is -2.20. The highest BCUT2D eigenvalue weighted by Crippen LogP contribution is 2.19. The molecule has 0 aliphatic carbocycles. The Kier molecular flexibility index (Phi) is 3.06. The van der Waals surface area contributed by atoms with Crippen LogP contribution in [0.1, 0.15) is 30.8 Å². The topological polar surface area (TPSA) is 73.8 Å². The third-order valence-electron chi connectivity index (χ3n) is 2.25. The maximum Gasteiger partial charge on any atom is 0.203 e. The molecule has 1 aromatic rings. The van der Waals surface area contributed by atoms with E-state index in [0.717, 1.165) is 0 Å². The van der Waals surface area contributed by atoms with E-state index < -0.39 is 5.54 Å². The number of hydrogen-bond donors (Lipinski definition) is 1. The first-order valence-electron chi connectivity index (χ1n) is 4.29. The van der Waals surface area contributed by atoms with Crippen molar-refractivity contribution in [1.82, 2.24) is 15.0 Å². The second-order valence-corrected chi connectivity index (χ2v) is 4.20. The highest BCUT2D eigenvalue weighted by atomic mass is 79.9. The van der Waals surface area contributed by atoms with E-state index in [4.69, 9.17) is 5.73 Å². The number of aryl methyl sites for hydroxylation is 1. The normalized spacial score (nSPS) is 15.2. The van der Waals surface area contributed by atoms with Crippen molar-refractivity contribution in [2.45, 2.75) is 25.8 Å². The number of carbonyl (C=O) groups excluding carboxylic acids is 1. The Labute approximate surface area is 90.8 Å². The molecule has 1 unspecified atom stereocenters. The van der Waals surface area contributed by atoms with Crippen molar-refractivity contribution in [2.75, 3.05) is 0 Å². The first-order valence-corrected chi connectivity index (χ1v) is 5.08. The average Bonchev–Trinajstić information content (AvgIpc) is 2.45. The monoisotopic (exact) mass is 260 g/mol. The second kappa shape index (κ2) is 3.78. The van der Waals surface area contributed by atoms with Gasteiger partial charge in [-0.1, -0.05) is 12.1 Å². The van der Waals surface area contributed by atoms with E-state index in [9.17, 15) is 4.79 Å². The fourth-order valence-electron chi connectivity index (χ4n) is 1.00. The van der Waals surface area contributed by atoms with E-state index in [0.29, 0.717) is 16.7 Å². The summed E-state index contributed by atoms with van der Waals surface area (Å²) in [5.41, 5.74) is 5.40. The Balaban J connectivity index is 3.13. The van der Waals surface area contributed by atoms with Gasteiger partial charge in [0.15, 0.2) is 4.60 Å². The van der Waals surface area contributed by atoms with Gasteiger partial charge in [0.1, 0.15) is 5.69 Å². The highest BCUT2D eigenvalue weighted by Gasteiger charge is 2.31. The van der Waals surface area contributed by atoms with Gasteiger partial charge in [0.05, 0.1) is 5.54 Å². The Morgan fingerprint density at radius 2 is 2.29 bits per heavy atom. The van der Waals surface area contributed by atoms with Crippen LogP contribution in [-0.4, -0.2) is 26.3 Å². The summed E-state index contributed by atoms with van der Waals surface area (Å²) in [6, 6.07) is 0. The SMILES string of the molecule is CCC(C)(N)C(=O)c1c(Br)nnn1C. The van der Waals surface area contributed by atoms with Crippen LogP contribution in [-0.2, 0) is 7.05 Å². The van der Waals surface area contributed by atoms with Gasteiger partial charge in [-0.15, -0.1) is 5.10 Å². The van der Waals surface area contributed by atoms with Crippen molar-refractivity contribution in [2.24, 2.45) is 12.8 Å². The highest BCUT2D eigenvalue weighted by molar-refractivity contribution is 9.10. The average molecular weight is 261 g/mol. The molecule has 0 radical (unpaired) electrons. The molecule has 1 rings (SSSR count). The maximum absolute atomic E-state index is 11.9. The molecule has 1 atom stereocenters. The van der Waals surface area contributed by atoms with E-state index in [1.807, 2.05) is 6.92 Å². The van der Waals surface area contributed by atoms with Gasteiger partial charge < -0.3 is 5.73 Å². The van der Waals surface area contributed by atoms with E-state index in [-0.39, 0.29) is 5.78 Å². The molecule has 0 spiro atoms. The van der Waals surface area contributed by atoms with Crippen LogP contribution in [0.2, 0.25) is 0 Å². The largest absolute Gasteiger partial charge is 0.319 e. The molecule has 2 N–H and O–H groups in total. The quantitative estimate of drug-likeness (QED) is 0.820. The fourth-order valence-corrected chi connectivity index (χ4v) is 1.51. The summed E-state index contributed by atoms with van der Waals surface area (Å²) >= 11 is 3.17. The minimum absolute atomic E-state index is 0.153. The molecule has 0 saturated carbocycles. The minimum Gasteiger partial charge on any atom is -0.319 e. The fraction of sp³-hybridized carbons (Fsp3) is 0.625. The molecule has 0 amide bonds. The van der Waals surface area contributed by atoms with Gasteiger partial charge in [-0.3, -0.25) is 4.79 Å². The lowest BCUT2D eigenvalue weighted by Crippen LogP contribution is -2.45. The summed E-state index contributed by atoms with van der Waals surface area (Å²) in [5.74, 6) is -0.153. The van der Waals surface area contributed by atoms with Gasteiger partial charge in [-0.2, -0.15) is 0 Å². The van der Waals surface area contributed by atoms with Crippen molar-refractivity contribution in [3.05, 3.63) is 10.3 Å². The van der Waals surface area contributed by atoms with Crippen LogP contribution in [0.3, 0.4) is 0 Å². The summed E-state index contributed by atoms with van der Waals surface area (Å²) in [5, 5.41) is 7.47. The van der Waals surface area contributed by atoms with Crippen LogP contribution in [0, 0.1) is 0 Å². The molecule has 5 nitrogen and oxygen atoms in total. The molecule has 78 valence electrons. The number of aromatic nitrogens is 3. The number of rotatable bonds is 3. The lowest BCUT2D eigenvalue weighted by molar-refractivity contribution is 0.0887. The molecule has 6 heteroatoms. The van der Waals surface area contributed by atoms with Gasteiger partial charge in [-0.05, 0) is 29.3 Å². The van der Waals surface area contributed by atoms with E-state index in [2.05, 4.69) is 26.2 Å². The van der Waals surface area contributed by atoms with Gasteiger partial charge in [-0.25, -0.2) is 4.68 Å². The van der Waals surface area contributed by atoms with Gasteiger partial charge in [0, 0.05) is 7.05 Å². The summed E-state index contributed by atoms with van der Waals surface area (Å²) in [6.45, 7) is 3.57. The molecule has 1 heterocycles. The van der Waals surface area contributed by atoms with Gasteiger partial charge in [0.2, 0.25) is 5.78 Å². The zero-order valence-corrected chi connectivity index (χ0v) is 10.00. The lowest BCUT2D eigenvalue weighted by atomic mass is 9.93. The van der Waals surface area contributed by atoms with Crippen LogP contribution in [0.5, 0.6) is 0 Å². The summed E-state index contributed by atoms with van der Waals surface area (Å²) < 4.78 is 1.86. The zero-order chi connectivity index (χ0) is 10.9. The van der Waals surface area contributed by atoms with Gasteiger partial charge >= 0.3 is 0 Å². The molecule has 1 aromatic heterocycles. The molecule has 0 aliphatic rings. The zero-order valence-electron chi connectivity index (χ0n) is 8.41. The standard InChI is InChI=1S/C8H13BrN4O/c1-4-8(2,10)6(14)5-7(9)11-12-13(5)3/h4,10H2,1-3H3. The molecule has 14 heavy (non-hydrogen) atoms. The molecule has 0 fully saturated rings. The molecular formula is C8H13BrN4O. The van der Waals surface area contributed by atoms with Crippen LogP contribution in [0.15, 0.2) is 4.60 Å². The van der Waals surface area contributed by atoms with Crippen LogP contribution >= 0.6 is 15.9 Å².